The van der Waals surface area contributed by atoms with E-state index in [0.717, 1.165) is 70.9 Å². The second kappa shape index (κ2) is 12.2. The molecule has 1 amide bonds. The van der Waals surface area contributed by atoms with Crippen molar-refractivity contribution in [1.82, 2.24) is 19.8 Å². The van der Waals surface area contributed by atoms with Crippen LogP contribution in [0, 0.1) is 0 Å². The summed E-state index contributed by atoms with van der Waals surface area (Å²) in [6.45, 7) is 11.5. The summed E-state index contributed by atoms with van der Waals surface area (Å²) in [6.07, 6.45) is 3.65. The van der Waals surface area contributed by atoms with Gasteiger partial charge in [0.1, 0.15) is 18.0 Å². The normalized spacial score (nSPS) is 22.4. The van der Waals surface area contributed by atoms with Crippen molar-refractivity contribution in [2.75, 3.05) is 50.1 Å². The number of ether oxygens (including phenoxy) is 2. The van der Waals surface area contributed by atoms with E-state index in [1.165, 1.54) is 6.42 Å². The minimum Gasteiger partial charge on any atom is -0.462 e. The maximum Gasteiger partial charge on any atom is 0.410 e. The number of likely N-dealkylation sites (N-methyl/N-ethyl adjacent to an activating group) is 2. The van der Waals surface area contributed by atoms with E-state index in [-0.39, 0.29) is 18.2 Å². The lowest BCUT2D eigenvalue weighted by atomic mass is 10.0. The number of anilines is 2. The maximum absolute atomic E-state index is 13.0. The summed E-state index contributed by atoms with van der Waals surface area (Å²) in [5, 5.41) is 2.94. The van der Waals surface area contributed by atoms with Gasteiger partial charge in [-0.2, -0.15) is 9.97 Å². The van der Waals surface area contributed by atoms with Crippen LogP contribution in [0.25, 0.3) is 10.8 Å². The maximum atomic E-state index is 13.0. The Morgan fingerprint density at radius 2 is 1.91 bits per heavy atom. The Morgan fingerprint density at radius 3 is 2.64 bits per heavy atom. The van der Waals surface area contributed by atoms with Crippen molar-refractivity contribution in [3.63, 3.8) is 0 Å². The van der Waals surface area contributed by atoms with E-state index < -0.39 is 5.60 Å². The van der Waals surface area contributed by atoms with Crippen molar-refractivity contribution in [2.45, 2.75) is 83.6 Å². The summed E-state index contributed by atoms with van der Waals surface area (Å²) in [6, 6.07) is 13.3. The molecule has 0 saturated carbocycles. The number of likely N-dealkylation sites (tertiary alicyclic amines) is 2. The van der Waals surface area contributed by atoms with Gasteiger partial charge in [0.15, 0.2) is 0 Å². The Bertz CT molecular complexity index is 1520. The highest BCUT2D eigenvalue weighted by atomic mass is 35.5. The fourth-order valence-corrected chi connectivity index (χ4v) is 7.16. The molecule has 4 heterocycles. The summed E-state index contributed by atoms with van der Waals surface area (Å²) in [7, 11) is 4.24. The van der Waals surface area contributed by atoms with Crippen LogP contribution in [0.4, 0.5) is 16.3 Å². The summed E-state index contributed by atoms with van der Waals surface area (Å²) in [4.78, 5) is 31.8. The highest BCUT2D eigenvalue weighted by Gasteiger charge is 2.38. The number of hydrogen-bond donors (Lipinski definition) is 0. The standard InChI is InChI=1S/C34H45ClN6O3/c1-22-18-25(19-41(22)33(42)44-34(2,3)4)39(6)31-26-15-17-40(29-14-8-11-23-10-7-13-27(35)30(23)29)20-28(26)36-32(37-31)43-21-24-12-9-16-38(24)5/h7-8,10-11,13-14,22,24-25H,9,12,15-21H2,1-6H3/t22?,24-,25?/m0/s1. The topological polar surface area (TPSA) is 74.3 Å². The minimum absolute atomic E-state index is 0.0650. The largest absolute Gasteiger partial charge is 0.462 e. The molecule has 9 nitrogen and oxygen atoms in total. The van der Waals surface area contributed by atoms with Crippen LogP contribution >= 0.6 is 11.6 Å². The van der Waals surface area contributed by atoms with Gasteiger partial charge in [-0.25, -0.2) is 4.79 Å². The number of nitrogens with zero attached hydrogens (tertiary/aromatic N) is 6. The van der Waals surface area contributed by atoms with Gasteiger partial charge in [0, 0.05) is 54.9 Å². The Balaban J connectivity index is 1.30. The molecule has 3 aliphatic heterocycles. The molecular weight excluding hydrogens is 576 g/mol. The Hall–Kier alpha value is -3.30. The van der Waals surface area contributed by atoms with E-state index in [1.807, 2.05) is 37.8 Å². The lowest BCUT2D eigenvalue weighted by molar-refractivity contribution is 0.0237. The molecule has 3 atom stereocenters. The highest BCUT2D eigenvalue weighted by Crippen LogP contribution is 2.38. The Kier molecular flexibility index (Phi) is 8.54. The minimum atomic E-state index is -0.535. The molecule has 0 radical (unpaired) electrons. The monoisotopic (exact) mass is 620 g/mol. The molecule has 3 aliphatic rings. The van der Waals surface area contributed by atoms with Gasteiger partial charge >= 0.3 is 12.1 Å². The summed E-state index contributed by atoms with van der Waals surface area (Å²) >= 11 is 6.72. The number of carbonyl (C=O) groups excluding carboxylic acids is 1. The van der Waals surface area contributed by atoms with Gasteiger partial charge in [-0.3, -0.25) is 0 Å². The number of rotatable bonds is 6. The molecule has 6 rings (SSSR count). The van der Waals surface area contributed by atoms with Crippen LogP contribution in [0.5, 0.6) is 6.01 Å². The first kappa shape index (κ1) is 30.7. The molecule has 0 bridgehead atoms. The quantitative estimate of drug-likeness (QED) is 0.325. The van der Waals surface area contributed by atoms with Gasteiger partial charge in [0.2, 0.25) is 0 Å². The van der Waals surface area contributed by atoms with Crippen molar-refractivity contribution in [2.24, 2.45) is 0 Å². The third kappa shape index (κ3) is 6.26. The zero-order valence-electron chi connectivity index (χ0n) is 26.8. The van der Waals surface area contributed by atoms with Crippen molar-refractivity contribution >= 4 is 40.0 Å². The van der Waals surface area contributed by atoms with Crippen molar-refractivity contribution in [3.8, 4) is 6.01 Å². The van der Waals surface area contributed by atoms with Crippen LogP contribution in [-0.4, -0.2) is 89.9 Å². The molecule has 10 heteroatoms. The number of halogens is 1. The average molecular weight is 621 g/mol. The van der Waals surface area contributed by atoms with Gasteiger partial charge in [-0.1, -0.05) is 35.9 Å². The van der Waals surface area contributed by atoms with Crippen LogP contribution in [0.3, 0.4) is 0 Å². The second-order valence-corrected chi connectivity index (χ2v) is 14.0. The first-order chi connectivity index (χ1) is 21.0. The van der Waals surface area contributed by atoms with Gasteiger partial charge in [0.05, 0.1) is 17.3 Å². The van der Waals surface area contributed by atoms with Crippen LogP contribution in [0.2, 0.25) is 5.02 Å². The lowest BCUT2D eigenvalue weighted by Crippen LogP contribution is -2.41. The van der Waals surface area contributed by atoms with Crippen LogP contribution in [0.1, 0.15) is 58.2 Å². The van der Waals surface area contributed by atoms with Crippen molar-refractivity contribution in [3.05, 3.63) is 52.7 Å². The second-order valence-electron chi connectivity index (χ2n) is 13.6. The molecule has 3 aromatic rings. The molecule has 44 heavy (non-hydrogen) atoms. The predicted molar refractivity (Wildman–Crippen MR) is 176 cm³/mol. The average Bonchev–Trinajstić information content (AvgIpc) is 3.58. The Labute approximate surface area is 266 Å². The molecule has 1 aromatic heterocycles. The fraction of sp³-hybridized carbons (Fsp3) is 0.559. The lowest BCUT2D eigenvalue weighted by Gasteiger charge is -2.35. The molecule has 236 valence electrons. The predicted octanol–water partition coefficient (Wildman–Crippen LogP) is 6.15. The fourth-order valence-electron chi connectivity index (χ4n) is 6.88. The summed E-state index contributed by atoms with van der Waals surface area (Å²) < 4.78 is 12.1. The molecule has 2 fully saturated rings. The van der Waals surface area contributed by atoms with E-state index >= 15 is 0 Å². The van der Waals surface area contributed by atoms with Crippen molar-refractivity contribution in [1.29, 1.82) is 0 Å². The first-order valence-electron chi connectivity index (χ1n) is 15.9. The van der Waals surface area contributed by atoms with E-state index in [0.29, 0.717) is 31.7 Å². The van der Waals surface area contributed by atoms with Crippen LogP contribution < -0.4 is 14.5 Å². The third-order valence-electron chi connectivity index (χ3n) is 9.33. The van der Waals surface area contributed by atoms with E-state index in [9.17, 15) is 4.79 Å². The van der Waals surface area contributed by atoms with Crippen molar-refractivity contribution < 1.29 is 14.3 Å². The summed E-state index contributed by atoms with van der Waals surface area (Å²) in [5.41, 5.74) is 2.69. The molecule has 2 unspecified atom stereocenters. The zero-order chi connectivity index (χ0) is 31.2. The smallest absolute Gasteiger partial charge is 0.410 e. The molecule has 2 aromatic carbocycles. The number of benzene rings is 2. The third-order valence-corrected chi connectivity index (χ3v) is 9.65. The highest BCUT2D eigenvalue weighted by molar-refractivity contribution is 6.36. The summed E-state index contributed by atoms with van der Waals surface area (Å²) in [5.74, 6) is 0.892. The number of fused-ring (bicyclic) bond motifs is 2. The molecule has 0 N–H and O–H groups in total. The van der Waals surface area contributed by atoms with E-state index in [1.54, 1.807) is 0 Å². The zero-order valence-corrected chi connectivity index (χ0v) is 27.6. The van der Waals surface area contributed by atoms with Gasteiger partial charge < -0.3 is 29.1 Å². The number of aromatic nitrogens is 2. The van der Waals surface area contributed by atoms with Gasteiger partial charge in [0.25, 0.3) is 0 Å². The Morgan fingerprint density at radius 1 is 1.14 bits per heavy atom. The van der Waals surface area contributed by atoms with Crippen LogP contribution in [-0.2, 0) is 17.7 Å². The molecule has 2 saturated heterocycles. The molecule has 0 spiro atoms. The number of carbonyl (C=O) groups is 1. The SMILES string of the molecule is CC1CC(N(C)c2nc(OC[C@@H]3CCCN3C)nc3c2CCN(c2cccc4cccc(Cl)c24)C3)CN1C(=O)OC(C)(C)C. The first-order valence-corrected chi connectivity index (χ1v) is 16.2. The van der Waals surface area contributed by atoms with E-state index in [4.69, 9.17) is 31.0 Å². The molecule has 0 aliphatic carbocycles. The number of amides is 1. The van der Waals surface area contributed by atoms with Gasteiger partial charge in [-0.15, -0.1) is 0 Å². The van der Waals surface area contributed by atoms with Gasteiger partial charge in [-0.05, 0) is 84.5 Å². The van der Waals surface area contributed by atoms with Crippen LogP contribution in [0.15, 0.2) is 36.4 Å². The van der Waals surface area contributed by atoms with E-state index in [2.05, 4.69) is 60.0 Å². The molecular formula is C34H45ClN6O3. The number of hydrogen-bond acceptors (Lipinski definition) is 8.